The summed E-state index contributed by atoms with van der Waals surface area (Å²) in [6.07, 6.45) is 0.00952. The first-order chi connectivity index (χ1) is 13.5. The first kappa shape index (κ1) is 18.7. The van der Waals surface area contributed by atoms with Gasteiger partial charge < -0.3 is 9.47 Å². The summed E-state index contributed by atoms with van der Waals surface area (Å²) in [7, 11) is 0. The Kier molecular flexibility index (Phi) is 4.96. The number of hydrogen-bond acceptors (Lipinski definition) is 4. The fourth-order valence-corrected chi connectivity index (χ4v) is 4.07. The minimum absolute atomic E-state index is 0.00476. The van der Waals surface area contributed by atoms with E-state index in [2.05, 4.69) is 83.1 Å². The van der Waals surface area contributed by atoms with Gasteiger partial charge in [0.05, 0.1) is 0 Å². The number of rotatable bonds is 4. The summed E-state index contributed by atoms with van der Waals surface area (Å²) in [6.45, 7) is 10.5. The quantitative estimate of drug-likeness (QED) is 0.721. The van der Waals surface area contributed by atoms with E-state index in [1.165, 1.54) is 22.3 Å². The second-order valence-corrected chi connectivity index (χ2v) is 7.91. The Bertz CT molecular complexity index is 858. The van der Waals surface area contributed by atoms with Gasteiger partial charge in [-0.2, -0.15) is 0 Å². The Morgan fingerprint density at radius 2 is 1.11 bits per heavy atom. The molecule has 0 aliphatic carbocycles. The molecule has 2 aromatic rings. The lowest BCUT2D eigenvalue weighted by Gasteiger charge is -2.16. The molecular formula is C24H28N2O2. The van der Waals surface area contributed by atoms with Crippen LogP contribution in [0, 0.1) is 19.8 Å². The van der Waals surface area contributed by atoms with Crippen molar-refractivity contribution < 1.29 is 9.47 Å². The number of aryl methyl sites for hydroxylation is 2. The maximum atomic E-state index is 6.15. The predicted octanol–water partition coefficient (Wildman–Crippen LogP) is 5.36. The van der Waals surface area contributed by atoms with Crippen molar-refractivity contribution in [1.82, 2.24) is 0 Å². The van der Waals surface area contributed by atoms with Gasteiger partial charge in [-0.1, -0.05) is 48.5 Å². The van der Waals surface area contributed by atoms with Crippen LogP contribution in [0.15, 0.2) is 58.5 Å². The first-order valence-electron chi connectivity index (χ1n) is 10.1. The van der Waals surface area contributed by atoms with Gasteiger partial charge in [0.2, 0.25) is 0 Å². The summed E-state index contributed by atoms with van der Waals surface area (Å²) >= 11 is 0. The van der Waals surface area contributed by atoms with Crippen LogP contribution >= 0.6 is 0 Å². The van der Waals surface area contributed by atoms with E-state index >= 15 is 0 Å². The van der Waals surface area contributed by atoms with E-state index in [1.54, 1.807) is 0 Å². The van der Waals surface area contributed by atoms with Gasteiger partial charge >= 0.3 is 0 Å². The molecule has 0 N–H and O–H groups in total. The Hall–Kier alpha value is -2.62. The Balaban J connectivity index is 1.59. The molecule has 0 saturated carbocycles. The van der Waals surface area contributed by atoms with Crippen LogP contribution in [0.1, 0.15) is 55.1 Å². The van der Waals surface area contributed by atoms with Crippen LogP contribution in [0.25, 0.3) is 0 Å². The zero-order valence-corrected chi connectivity index (χ0v) is 17.2. The van der Waals surface area contributed by atoms with E-state index in [0.717, 1.165) is 11.8 Å². The van der Waals surface area contributed by atoms with Crippen molar-refractivity contribution in [2.45, 2.75) is 58.9 Å². The zero-order valence-electron chi connectivity index (χ0n) is 17.2. The third-order valence-corrected chi connectivity index (χ3v) is 5.79. The molecule has 2 heterocycles. The zero-order chi connectivity index (χ0) is 19.8. The highest BCUT2D eigenvalue weighted by Gasteiger charge is 2.38. The van der Waals surface area contributed by atoms with Crippen LogP contribution in [-0.4, -0.2) is 24.0 Å². The van der Waals surface area contributed by atoms with Crippen LogP contribution in [0.3, 0.4) is 0 Å². The highest BCUT2D eigenvalue weighted by molar-refractivity contribution is 6.01. The van der Waals surface area contributed by atoms with Crippen molar-refractivity contribution in [3.05, 3.63) is 70.8 Å². The standard InChI is InChI=1S/C24H28N2O2/c1-14-10-6-8-12-19(14)21-17(4)27-23(25-21)16(3)24-26-22(18(5)28-24)20-13-9-7-11-15(20)2/h6-13,16-18,21-22H,1-5H3/t16?,17?,18?,21-,22?/m0/s1. The fourth-order valence-electron chi connectivity index (χ4n) is 4.07. The molecule has 0 radical (unpaired) electrons. The molecule has 0 aromatic heterocycles. The van der Waals surface area contributed by atoms with E-state index < -0.39 is 0 Å². The van der Waals surface area contributed by atoms with Gasteiger partial charge in [-0.05, 0) is 56.9 Å². The van der Waals surface area contributed by atoms with Crippen LogP contribution in [0.2, 0.25) is 0 Å². The lowest BCUT2D eigenvalue weighted by molar-refractivity contribution is 0.191. The third kappa shape index (κ3) is 3.32. The summed E-state index contributed by atoms with van der Waals surface area (Å²) in [5, 5.41) is 0. The molecule has 2 aliphatic rings. The van der Waals surface area contributed by atoms with Gasteiger partial charge in [-0.25, -0.2) is 9.98 Å². The second-order valence-electron chi connectivity index (χ2n) is 7.91. The van der Waals surface area contributed by atoms with Gasteiger partial charge in [0.15, 0.2) is 11.8 Å². The summed E-state index contributed by atoms with van der Waals surface area (Å²) in [5.41, 5.74) is 4.92. The molecular weight excluding hydrogens is 348 g/mol. The van der Waals surface area contributed by atoms with Crippen molar-refractivity contribution in [3.63, 3.8) is 0 Å². The van der Waals surface area contributed by atoms with Crippen LogP contribution < -0.4 is 0 Å². The smallest absolute Gasteiger partial charge is 0.196 e. The van der Waals surface area contributed by atoms with E-state index in [0.29, 0.717) is 0 Å². The second kappa shape index (κ2) is 7.42. The topological polar surface area (TPSA) is 43.2 Å². The Morgan fingerprint density at radius 1 is 0.714 bits per heavy atom. The Labute approximate surface area is 167 Å². The van der Waals surface area contributed by atoms with Crippen molar-refractivity contribution in [2.75, 3.05) is 0 Å². The van der Waals surface area contributed by atoms with E-state index in [1.807, 2.05) is 0 Å². The van der Waals surface area contributed by atoms with Crippen LogP contribution in [0.5, 0.6) is 0 Å². The monoisotopic (exact) mass is 376 g/mol. The first-order valence-corrected chi connectivity index (χ1v) is 10.1. The lowest BCUT2D eigenvalue weighted by atomic mass is 9.99. The van der Waals surface area contributed by atoms with Crippen molar-refractivity contribution in [2.24, 2.45) is 15.9 Å². The number of hydrogen-bond donors (Lipinski definition) is 0. The molecule has 2 aliphatic heterocycles. The SMILES string of the molecule is Cc1ccccc1C1N=C(C(C)C2=N[C@H](c3ccccc3C)C(C)O2)OC1C. The molecule has 0 amide bonds. The fraction of sp³-hybridized carbons (Fsp3) is 0.417. The van der Waals surface area contributed by atoms with Crippen LogP contribution in [0.4, 0.5) is 0 Å². The molecule has 4 nitrogen and oxygen atoms in total. The molecule has 28 heavy (non-hydrogen) atoms. The number of ether oxygens (including phenoxy) is 2. The average Bonchev–Trinajstić information content (AvgIpc) is 3.25. The predicted molar refractivity (Wildman–Crippen MR) is 113 cm³/mol. The molecule has 0 fully saturated rings. The third-order valence-electron chi connectivity index (χ3n) is 5.79. The summed E-state index contributed by atoms with van der Waals surface area (Å²) in [4.78, 5) is 9.84. The average molecular weight is 377 g/mol. The maximum Gasteiger partial charge on any atom is 0.196 e. The maximum absolute atomic E-state index is 6.15. The molecule has 4 heteroatoms. The number of nitrogens with zero attached hydrogens (tertiary/aromatic N) is 2. The molecule has 5 atom stereocenters. The molecule has 0 bridgehead atoms. The summed E-state index contributed by atoms with van der Waals surface area (Å²) in [5.74, 6) is 1.35. The van der Waals surface area contributed by atoms with Crippen LogP contribution in [-0.2, 0) is 9.47 Å². The highest BCUT2D eigenvalue weighted by atomic mass is 16.5. The largest absolute Gasteiger partial charge is 0.475 e. The minimum Gasteiger partial charge on any atom is -0.475 e. The van der Waals surface area contributed by atoms with E-state index in [9.17, 15) is 0 Å². The normalized spacial score (nSPS) is 27.6. The molecule has 146 valence electrons. The Morgan fingerprint density at radius 3 is 1.50 bits per heavy atom. The van der Waals surface area contributed by atoms with Gasteiger partial charge in [0, 0.05) is 0 Å². The summed E-state index contributed by atoms with van der Waals surface area (Å²) in [6, 6.07) is 16.8. The van der Waals surface area contributed by atoms with Gasteiger partial charge in [-0.15, -0.1) is 0 Å². The van der Waals surface area contributed by atoms with Gasteiger partial charge in [0.25, 0.3) is 0 Å². The molecule has 4 unspecified atom stereocenters. The van der Waals surface area contributed by atoms with E-state index in [-0.39, 0.29) is 30.2 Å². The van der Waals surface area contributed by atoms with E-state index in [4.69, 9.17) is 19.5 Å². The molecule has 2 aromatic carbocycles. The number of benzene rings is 2. The van der Waals surface area contributed by atoms with Crippen molar-refractivity contribution in [3.8, 4) is 0 Å². The van der Waals surface area contributed by atoms with Crippen molar-refractivity contribution in [1.29, 1.82) is 0 Å². The van der Waals surface area contributed by atoms with Crippen molar-refractivity contribution >= 4 is 11.8 Å². The summed E-state index contributed by atoms with van der Waals surface area (Å²) < 4.78 is 12.3. The van der Waals surface area contributed by atoms with Gasteiger partial charge in [-0.3, -0.25) is 0 Å². The molecule has 0 spiro atoms. The lowest BCUT2D eigenvalue weighted by Crippen LogP contribution is -2.24. The molecule has 4 rings (SSSR count). The van der Waals surface area contributed by atoms with Gasteiger partial charge in [0.1, 0.15) is 30.2 Å². The minimum atomic E-state index is -0.0899. The molecule has 0 saturated heterocycles. The highest BCUT2D eigenvalue weighted by Crippen LogP contribution is 2.36. The number of aliphatic imine (C=N–C) groups is 2.